The molecule has 1 aliphatic rings. The molecule has 0 unspecified atom stereocenters. The highest BCUT2D eigenvalue weighted by molar-refractivity contribution is 9.10. The lowest BCUT2D eigenvalue weighted by Crippen LogP contribution is -2.19. The normalized spacial score (nSPS) is 17.5. The number of ether oxygens (including phenoxy) is 3. The minimum atomic E-state index is -3.31. The van der Waals surface area contributed by atoms with Crippen molar-refractivity contribution in [2.24, 2.45) is 0 Å². The van der Waals surface area contributed by atoms with Crippen LogP contribution in [0.25, 0.3) is 5.69 Å². The number of esters is 1. The van der Waals surface area contributed by atoms with Gasteiger partial charge in [-0.05, 0) is 31.2 Å². The Kier molecular flexibility index (Phi) is 6.93. The maximum Gasteiger partial charge on any atom is 0.308 e. The van der Waals surface area contributed by atoms with Crippen molar-refractivity contribution in [2.45, 2.75) is 38.4 Å². The summed E-state index contributed by atoms with van der Waals surface area (Å²) < 4.78 is 47.9. The molecule has 3 aromatic rings. The van der Waals surface area contributed by atoms with E-state index in [0.29, 0.717) is 32.1 Å². The fourth-order valence-corrected chi connectivity index (χ4v) is 4.58. The molecule has 4 rings (SSSR count). The van der Waals surface area contributed by atoms with Gasteiger partial charge in [-0.1, -0.05) is 39.7 Å². The van der Waals surface area contributed by atoms with E-state index >= 15 is 0 Å². The SMILES string of the molecule is CCOC(=O)C[C@@H]1O[C@@H](c2cccc(OC)c2Cl)c2cc(Br)ccc2-n2c1nnc2C(C)(F)F. The van der Waals surface area contributed by atoms with E-state index in [-0.39, 0.29) is 18.9 Å². The van der Waals surface area contributed by atoms with Gasteiger partial charge in [-0.15, -0.1) is 10.2 Å². The van der Waals surface area contributed by atoms with Crippen LogP contribution in [0.3, 0.4) is 0 Å². The lowest BCUT2D eigenvalue weighted by atomic mass is 9.99. The van der Waals surface area contributed by atoms with Crippen molar-refractivity contribution in [1.29, 1.82) is 0 Å². The first-order valence-electron chi connectivity index (χ1n) is 10.4. The summed E-state index contributed by atoms with van der Waals surface area (Å²) in [7, 11) is 1.49. The number of carbonyl (C=O) groups excluding carboxylic acids is 1. The van der Waals surface area contributed by atoms with Crippen LogP contribution in [-0.4, -0.2) is 34.5 Å². The van der Waals surface area contributed by atoms with E-state index in [1.54, 1.807) is 43.3 Å². The van der Waals surface area contributed by atoms with Crippen LogP contribution < -0.4 is 4.74 Å². The molecule has 7 nitrogen and oxygen atoms in total. The molecule has 0 aliphatic carbocycles. The van der Waals surface area contributed by atoms with Crippen LogP contribution in [-0.2, 0) is 20.2 Å². The Morgan fingerprint density at radius 3 is 2.71 bits per heavy atom. The van der Waals surface area contributed by atoms with Crippen LogP contribution in [0.4, 0.5) is 8.78 Å². The summed E-state index contributed by atoms with van der Waals surface area (Å²) in [5, 5.41) is 8.07. The highest BCUT2D eigenvalue weighted by atomic mass is 79.9. The van der Waals surface area contributed by atoms with E-state index in [2.05, 4.69) is 26.1 Å². The van der Waals surface area contributed by atoms with Crippen molar-refractivity contribution >= 4 is 33.5 Å². The Balaban J connectivity index is 1.98. The molecule has 2 heterocycles. The average molecular weight is 557 g/mol. The average Bonchev–Trinajstić information content (AvgIpc) is 3.18. The Morgan fingerprint density at radius 2 is 2.03 bits per heavy atom. The molecular formula is C23H21BrClF2N3O4. The van der Waals surface area contributed by atoms with Crippen molar-refractivity contribution in [3.63, 3.8) is 0 Å². The molecule has 0 bridgehead atoms. The molecular weight excluding hydrogens is 536 g/mol. The van der Waals surface area contributed by atoms with Gasteiger partial charge < -0.3 is 14.2 Å². The van der Waals surface area contributed by atoms with Gasteiger partial charge in [0.15, 0.2) is 5.82 Å². The fraction of sp³-hybridized carbons (Fsp3) is 0.348. The van der Waals surface area contributed by atoms with E-state index < -0.39 is 29.9 Å². The monoisotopic (exact) mass is 555 g/mol. The topological polar surface area (TPSA) is 75.5 Å². The van der Waals surface area contributed by atoms with Gasteiger partial charge in [0, 0.05) is 22.5 Å². The Hall–Kier alpha value is -2.56. The van der Waals surface area contributed by atoms with Gasteiger partial charge in [-0.2, -0.15) is 8.78 Å². The van der Waals surface area contributed by atoms with Gasteiger partial charge >= 0.3 is 11.9 Å². The number of methoxy groups -OCH3 is 1. The summed E-state index contributed by atoms with van der Waals surface area (Å²) in [4.78, 5) is 12.4. The van der Waals surface area contributed by atoms with Gasteiger partial charge in [-0.3, -0.25) is 9.36 Å². The first-order chi connectivity index (χ1) is 16.2. The van der Waals surface area contributed by atoms with E-state index in [4.69, 9.17) is 25.8 Å². The lowest BCUT2D eigenvalue weighted by molar-refractivity contribution is -0.147. The molecule has 0 radical (unpaired) electrons. The van der Waals surface area contributed by atoms with E-state index in [1.807, 2.05) is 0 Å². The van der Waals surface area contributed by atoms with E-state index in [1.165, 1.54) is 11.7 Å². The lowest BCUT2D eigenvalue weighted by Gasteiger charge is -2.24. The third kappa shape index (κ3) is 4.54. The number of alkyl halides is 2. The second-order valence-corrected chi connectivity index (χ2v) is 8.98. The smallest absolute Gasteiger partial charge is 0.308 e. The molecule has 1 aliphatic heterocycles. The zero-order valence-electron chi connectivity index (χ0n) is 18.5. The number of carbonyl (C=O) groups is 1. The zero-order chi connectivity index (χ0) is 24.6. The van der Waals surface area contributed by atoms with E-state index in [0.717, 1.165) is 6.92 Å². The zero-order valence-corrected chi connectivity index (χ0v) is 20.9. The molecule has 1 aromatic heterocycles. The quantitative estimate of drug-likeness (QED) is 0.351. The number of halogens is 4. The summed E-state index contributed by atoms with van der Waals surface area (Å²) >= 11 is 10.1. The molecule has 0 fully saturated rings. The molecule has 0 saturated heterocycles. The van der Waals surface area contributed by atoms with Crippen LogP contribution in [0.15, 0.2) is 40.9 Å². The van der Waals surface area contributed by atoms with Crippen LogP contribution >= 0.6 is 27.5 Å². The molecule has 0 saturated carbocycles. The number of fused-ring (bicyclic) bond motifs is 3. The van der Waals surface area contributed by atoms with Gasteiger partial charge in [0.1, 0.15) is 18.0 Å². The summed E-state index contributed by atoms with van der Waals surface area (Å²) in [6, 6.07) is 10.3. The van der Waals surface area contributed by atoms with Crippen LogP contribution in [0, 0.1) is 0 Å². The number of benzene rings is 2. The molecule has 11 heteroatoms. The van der Waals surface area contributed by atoms with Crippen molar-refractivity contribution in [2.75, 3.05) is 13.7 Å². The Morgan fingerprint density at radius 1 is 1.26 bits per heavy atom. The largest absolute Gasteiger partial charge is 0.495 e. The van der Waals surface area contributed by atoms with Crippen LogP contribution in [0.2, 0.25) is 5.02 Å². The van der Waals surface area contributed by atoms with Crippen molar-refractivity contribution < 1.29 is 27.8 Å². The standard InChI is InChI=1S/C23H21BrClF2N3O4/c1-4-33-18(31)11-17-21-28-29-22(23(2,26)27)30(21)15-9-8-12(24)10-14(15)20(34-17)13-6-5-7-16(32-3)19(13)25/h5-10,17,20H,4,11H2,1-3H3/t17-,20-/m0/s1. The number of hydrogen-bond acceptors (Lipinski definition) is 6. The Bertz CT molecular complexity index is 1230. The van der Waals surface area contributed by atoms with Gasteiger partial charge in [-0.25, -0.2) is 0 Å². The molecule has 34 heavy (non-hydrogen) atoms. The van der Waals surface area contributed by atoms with Crippen molar-refractivity contribution in [3.8, 4) is 11.4 Å². The highest BCUT2D eigenvalue weighted by Crippen LogP contribution is 2.46. The minimum Gasteiger partial charge on any atom is -0.495 e. The minimum absolute atomic E-state index is 0.0645. The summed E-state index contributed by atoms with van der Waals surface area (Å²) in [5.41, 5.74) is 1.45. The third-order valence-corrected chi connectivity index (χ3v) is 6.23. The van der Waals surface area contributed by atoms with Gasteiger partial charge in [0.05, 0.1) is 30.8 Å². The molecule has 0 amide bonds. The number of aromatic nitrogens is 3. The van der Waals surface area contributed by atoms with Crippen LogP contribution in [0.5, 0.6) is 5.75 Å². The molecule has 180 valence electrons. The van der Waals surface area contributed by atoms with E-state index in [9.17, 15) is 13.6 Å². The Labute approximate surface area is 208 Å². The van der Waals surface area contributed by atoms with Crippen molar-refractivity contribution in [1.82, 2.24) is 14.8 Å². The highest BCUT2D eigenvalue weighted by Gasteiger charge is 2.41. The third-order valence-electron chi connectivity index (χ3n) is 5.33. The van der Waals surface area contributed by atoms with Gasteiger partial charge in [0.25, 0.3) is 0 Å². The summed E-state index contributed by atoms with van der Waals surface area (Å²) in [6.45, 7) is 2.58. The second kappa shape index (κ2) is 9.59. The van der Waals surface area contributed by atoms with Gasteiger partial charge in [0.2, 0.25) is 5.82 Å². The van der Waals surface area contributed by atoms with Crippen molar-refractivity contribution in [3.05, 3.63) is 68.7 Å². The predicted molar refractivity (Wildman–Crippen MR) is 124 cm³/mol. The predicted octanol–water partition coefficient (Wildman–Crippen LogP) is 5.92. The second-order valence-electron chi connectivity index (χ2n) is 7.69. The fourth-order valence-electron chi connectivity index (χ4n) is 3.90. The molecule has 0 N–H and O–H groups in total. The first-order valence-corrected chi connectivity index (χ1v) is 11.6. The maximum absolute atomic E-state index is 14.6. The number of nitrogens with zero attached hydrogens (tertiary/aromatic N) is 3. The first kappa shape index (κ1) is 24.6. The molecule has 2 atom stereocenters. The number of hydrogen-bond donors (Lipinski definition) is 0. The maximum atomic E-state index is 14.6. The molecule has 0 spiro atoms. The molecule has 2 aromatic carbocycles. The summed E-state index contributed by atoms with van der Waals surface area (Å²) in [5.74, 6) is -3.95. The number of rotatable bonds is 6. The summed E-state index contributed by atoms with van der Waals surface area (Å²) in [6.07, 6.45) is -2.13. The van der Waals surface area contributed by atoms with Crippen LogP contribution in [0.1, 0.15) is 55.3 Å².